The zero-order valence-corrected chi connectivity index (χ0v) is 23.4. The minimum Gasteiger partial charge on any atom is -0.0949 e. The molecule has 7 rings (SSSR count). The summed E-state index contributed by atoms with van der Waals surface area (Å²) in [4.78, 5) is 3.71. The van der Waals surface area contributed by atoms with Gasteiger partial charge < -0.3 is 0 Å². The highest BCUT2D eigenvalue weighted by molar-refractivity contribution is 8.37. The molecule has 0 radical (unpaired) electrons. The van der Waals surface area contributed by atoms with E-state index in [1.807, 2.05) is 0 Å². The van der Waals surface area contributed by atoms with Crippen LogP contribution in [0, 0.1) is 11.2 Å². The Morgan fingerprint density at radius 1 is 0.341 bits per heavy atom. The van der Waals surface area contributed by atoms with E-state index < -0.39 is 10.0 Å². The van der Waals surface area contributed by atoms with Crippen molar-refractivity contribution in [3.8, 4) is 22.3 Å². The molecule has 0 amide bonds. The Balaban J connectivity index is 1.59. The molecule has 0 aliphatic heterocycles. The lowest BCUT2D eigenvalue weighted by Crippen LogP contribution is -2.01. The zero-order chi connectivity index (χ0) is 27.5. The Labute approximate surface area is 243 Å². The molecular formula is C40H28S. The number of fused-ring (bicyclic) bond motifs is 2. The van der Waals surface area contributed by atoms with Crippen molar-refractivity contribution in [2.75, 3.05) is 0 Å². The predicted molar refractivity (Wildman–Crippen MR) is 175 cm³/mol. The van der Waals surface area contributed by atoms with E-state index >= 15 is 0 Å². The Kier molecular flexibility index (Phi) is 6.61. The molecule has 194 valence electrons. The van der Waals surface area contributed by atoms with E-state index in [-0.39, 0.29) is 0 Å². The second kappa shape index (κ2) is 10.9. The molecule has 0 N–H and O–H groups in total. The SMILES string of the molecule is C(#CS(c1ccccc1)(c1ccccc1)c1ccccc1)c1c2ccccc2c(-c2ccccc2)c2ccccc12. The van der Waals surface area contributed by atoms with Gasteiger partial charge in [0.1, 0.15) is 0 Å². The first kappa shape index (κ1) is 25.0. The third-order valence-electron chi connectivity index (χ3n) is 7.61. The van der Waals surface area contributed by atoms with Gasteiger partial charge in [-0.15, -0.1) is 0 Å². The Bertz CT molecular complexity index is 1860. The van der Waals surface area contributed by atoms with E-state index in [2.05, 4.69) is 181 Å². The molecule has 0 nitrogen and oxygen atoms in total. The summed E-state index contributed by atoms with van der Waals surface area (Å²) in [7, 11) is -1.89. The van der Waals surface area contributed by atoms with Crippen LogP contribution in [0.1, 0.15) is 5.56 Å². The number of rotatable bonds is 4. The molecule has 0 saturated heterocycles. The number of hydrogen-bond donors (Lipinski definition) is 0. The van der Waals surface area contributed by atoms with Gasteiger partial charge in [-0.3, -0.25) is 0 Å². The van der Waals surface area contributed by atoms with E-state index in [0.29, 0.717) is 0 Å². The minimum absolute atomic E-state index is 1.08. The highest BCUT2D eigenvalue weighted by atomic mass is 32.3. The Morgan fingerprint density at radius 2 is 0.683 bits per heavy atom. The summed E-state index contributed by atoms with van der Waals surface area (Å²) in [6.45, 7) is 0. The van der Waals surface area contributed by atoms with Gasteiger partial charge in [-0.05, 0) is 74.3 Å². The smallest absolute Gasteiger partial charge is 0.0411 e. The second-order valence-electron chi connectivity index (χ2n) is 9.99. The van der Waals surface area contributed by atoms with Crippen molar-refractivity contribution >= 4 is 31.6 Å². The highest BCUT2D eigenvalue weighted by Gasteiger charge is 2.29. The molecule has 0 bridgehead atoms. The normalized spacial score (nSPS) is 11.6. The van der Waals surface area contributed by atoms with Gasteiger partial charge in [0, 0.05) is 20.2 Å². The summed E-state index contributed by atoms with van der Waals surface area (Å²) in [5.74, 6) is 3.83. The molecule has 0 aliphatic carbocycles. The fourth-order valence-corrected chi connectivity index (χ4v) is 8.89. The van der Waals surface area contributed by atoms with Crippen LogP contribution in [0.5, 0.6) is 0 Å². The summed E-state index contributed by atoms with van der Waals surface area (Å²) in [6, 6.07) is 60.6. The van der Waals surface area contributed by atoms with Crippen LogP contribution in [0.25, 0.3) is 32.7 Å². The van der Waals surface area contributed by atoms with E-state index in [1.54, 1.807) is 0 Å². The van der Waals surface area contributed by atoms with Crippen LogP contribution >= 0.6 is 10.0 Å². The molecule has 1 heteroatoms. The molecular weight excluding hydrogens is 513 g/mol. The molecule has 0 aliphatic rings. The van der Waals surface area contributed by atoms with Gasteiger partial charge in [-0.25, -0.2) is 0 Å². The van der Waals surface area contributed by atoms with Crippen molar-refractivity contribution in [2.45, 2.75) is 14.7 Å². The maximum Gasteiger partial charge on any atom is 0.0411 e. The summed E-state index contributed by atoms with van der Waals surface area (Å²) in [5, 5.41) is 8.78. The van der Waals surface area contributed by atoms with Crippen LogP contribution in [-0.2, 0) is 0 Å². The second-order valence-corrected chi connectivity index (χ2v) is 12.8. The molecule has 0 spiro atoms. The maximum atomic E-state index is 3.98. The lowest BCUT2D eigenvalue weighted by Gasteiger charge is -2.36. The summed E-state index contributed by atoms with van der Waals surface area (Å²) < 4.78 is 0. The van der Waals surface area contributed by atoms with Gasteiger partial charge in [-0.2, -0.15) is 0 Å². The van der Waals surface area contributed by atoms with Crippen molar-refractivity contribution in [2.24, 2.45) is 0 Å². The van der Waals surface area contributed by atoms with Crippen LogP contribution < -0.4 is 0 Å². The first-order valence-electron chi connectivity index (χ1n) is 13.9. The third-order valence-corrected chi connectivity index (χ3v) is 11.0. The van der Waals surface area contributed by atoms with E-state index in [1.165, 1.54) is 47.4 Å². The zero-order valence-electron chi connectivity index (χ0n) is 22.6. The van der Waals surface area contributed by atoms with E-state index in [4.69, 9.17) is 0 Å². The van der Waals surface area contributed by atoms with Gasteiger partial charge in [-0.1, -0.05) is 149 Å². The molecule has 0 fully saturated rings. The molecule has 7 aromatic carbocycles. The van der Waals surface area contributed by atoms with Gasteiger partial charge in [0.2, 0.25) is 0 Å². The first-order valence-corrected chi connectivity index (χ1v) is 15.5. The van der Waals surface area contributed by atoms with Crippen molar-refractivity contribution in [1.29, 1.82) is 0 Å². The first-order chi connectivity index (χ1) is 20.4. The van der Waals surface area contributed by atoms with Gasteiger partial charge >= 0.3 is 0 Å². The molecule has 0 atom stereocenters. The average molecular weight is 541 g/mol. The van der Waals surface area contributed by atoms with Gasteiger partial charge in [0.25, 0.3) is 0 Å². The van der Waals surface area contributed by atoms with Crippen molar-refractivity contribution in [3.05, 3.63) is 175 Å². The monoisotopic (exact) mass is 540 g/mol. The largest absolute Gasteiger partial charge is 0.0949 e. The molecule has 0 unspecified atom stereocenters. The minimum atomic E-state index is -1.89. The number of hydrogen-bond acceptors (Lipinski definition) is 0. The Hall–Kier alpha value is -5.03. The van der Waals surface area contributed by atoms with Crippen LogP contribution in [0.15, 0.2) is 185 Å². The van der Waals surface area contributed by atoms with Gasteiger partial charge in [0.15, 0.2) is 0 Å². The fraction of sp³-hybridized carbons (Fsp3) is 0. The number of benzene rings is 7. The maximum absolute atomic E-state index is 3.98. The summed E-state index contributed by atoms with van der Waals surface area (Å²) >= 11 is 0. The van der Waals surface area contributed by atoms with Crippen molar-refractivity contribution < 1.29 is 0 Å². The summed E-state index contributed by atoms with van der Waals surface area (Å²) in [5.41, 5.74) is 3.56. The Morgan fingerprint density at radius 3 is 1.10 bits per heavy atom. The average Bonchev–Trinajstić information content (AvgIpc) is 3.06. The van der Waals surface area contributed by atoms with Crippen LogP contribution in [-0.4, -0.2) is 0 Å². The van der Waals surface area contributed by atoms with E-state index in [9.17, 15) is 0 Å². The van der Waals surface area contributed by atoms with E-state index in [0.717, 1.165) is 5.56 Å². The lowest BCUT2D eigenvalue weighted by molar-refractivity contribution is 1.31. The van der Waals surface area contributed by atoms with Crippen molar-refractivity contribution in [3.63, 3.8) is 0 Å². The molecule has 0 heterocycles. The quantitative estimate of drug-likeness (QED) is 0.154. The van der Waals surface area contributed by atoms with Gasteiger partial charge in [0.05, 0.1) is 0 Å². The lowest BCUT2D eigenvalue weighted by atomic mass is 9.89. The third kappa shape index (κ3) is 4.40. The fourth-order valence-electron chi connectivity index (χ4n) is 5.77. The molecule has 41 heavy (non-hydrogen) atoms. The highest BCUT2D eigenvalue weighted by Crippen LogP contribution is 2.67. The van der Waals surface area contributed by atoms with Crippen LogP contribution in [0.2, 0.25) is 0 Å². The molecule has 7 aromatic rings. The molecule has 0 saturated carbocycles. The molecule has 0 aromatic heterocycles. The van der Waals surface area contributed by atoms with Crippen LogP contribution in [0.4, 0.5) is 0 Å². The topological polar surface area (TPSA) is 0 Å². The standard InChI is InChI=1S/C40H28S/c1-5-17-31(18-6-1)40-38-27-15-13-25-35(38)37(36-26-14-16-28-39(36)40)29-30-41(32-19-7-2-8-20-32,33-21-9-3-10-22-33)34-23-11-4-12-24-34/h1-28H. The predicted octanol–water partition coefficient (Wildman–Crippen LogP) is 11.0. The summed E-state index contributed by atoms with van der Waals surface area (Å²) in [6.07, 6.45) is 0. The van der Waals surface area contributed by atoms with Crippen molar-refractivity contribution in [1.82, 2.24) is 0 Å². The van der Waals surface area contributed by atoms with Crippen LogP contribution in [0.3, 0.4) is 0 Å².